The Bertz CT molecular complexity index is 561. The first-order chi connectivity index (χ1) is 11.1. The van der Waals surface area contributed by atoms with Gasteiger partial charge in [0, 0.05) is 25.2 Å². The molecule has 0 atom stereocenters. The van der Waals surface area contributed by atoms with E-state index in [-0.39, 0.29) is 11.6 Å². The van der Waals surface area contributed by atoms with Crippen molar-refractivity contribution in [3.8, 4) is 0 Å². The molecule has 1 N–H and O–H groups in total. The fourth-order valence-corrected chi connectivity index (χ4v) is 3.68. The van der Waals surface area contributed by atoms with Crippen LogP contribution >= 0.6 is 0 Å². The zero-order valence-corrected chi connectivity index (χ0v) is 14.5. The molecule has 1 aliphatic rings. The zero-order chi connectivity index (χ0) is 16.3. The van der Waals surface area contributed by atoms with Gasteiger partial charge in [-0.05, 0) is 24.0 Å². The van der Waals surface area contributed by atoms with Crippen LogP contribution in [0.15, 0.2) is 60.7 Å². The van der Waals surface area contributed by atoms with Gasteiger partial charge in [0.05, 0.1) is 6.04 Å². The highest BCUT2D eigenvalue weighted by Gasteiger charge is 2.40. The van der Waals surface area contributed by atoms with Crippen molar-refractivity contribution in [1.29, 1.82) is 0 Å². The zero-order valence-electron chi connectivity index (χ0n) is 14.5. The summed E-state index contributed by atoms with van der Waals surface area (Å²) < 4.78 is 0. The van der Waals surface area contributed by atoms with Crippen molar-refractivity contribution in [1.82, 2.24) is 10.2 Å². The molecule has 0 aromatic heterocycles. The molecule has 0 saturated carbocycles. The van der Waals surface area contributed by atoms with Crippen LogP contribution in [0.3, 0.4) is 0 Å². The van der Waals surface area contributed by atoms with Gasteiger partial charge in [-0.3, -0.25) is 10.2 Å². The molecule has 0 spiro atoms. The van der Waals surface area contributed by atoms with E-state index in [9.17, 15) is 0 Å². The predicted molar refractivity (Wildman–Crippen MR) is 97.5 cm³/mol. The minimum Gasteiger partial charge on any atom is -0.299 e. The van der Waals surface area contributed by atoms with E-state index < -0.39 is 0 Å². The molecule has 23 heavy (non-hydrogen) atoms. The van der Waals surface area contributed by atoms with Gasteiger partial charge >= 0.3 is 0 Å². The van der Waals surface area contributed by atoms with Gasteiger partial charge < -0.3 is 0 Å². The minimum absolute atomic E-state index is 0.186. The van der Waals surface area contributed by atoms with Crippen molar-refractivity contribution in [3.63, 3.8) is 0 Å². The second-order valence-electron chi connectivity index (χ2n) is 7.52. The fourth-order valence-electron chi connectivity index (χ4n) is 3.68. The molecular formula is C21H28N2. The third-order valence-electron chi connectivity index (χ3n) is 4.53. The number of nitrogens with one attached hydrogen (secondary N) is 1. The first-order valence-corrected chi connectivity index (χ1v) is 8.66. The largest absolute Gasteiger partial charge is 0.299 e. The summed E-state index contributed by atoms with van der Waals surface area (Å²) in [5, 5.41) is 3.92. The monoisotopic (exact) mass is 308 g/mol. The van der Waals surface area contributed by atoms with Gasteiger partial charge in [-0.15, -0.1) is 0 Å². The lowest BCUT2D eigenvalue weighted by Gasteiger charge is -2.51. The summed E-state index contributed by atoms with van der Waals surface area (Å²) in [6, 6.07) is 21.8. The Kier molecular flexibility index (Phi) is 4.84. The van der Waals surface area contributed by atoms with Crippen LogP contribution in [0, 0.1) is 5.92 Å². The standard InChI is InChI=1S/C21H28N2/c1-17(2)14-23-15-21(3,16-23)22-20(18-10-6-4-7-11-18)19-12-8-5-9-13-19/h4-13,17,20,22H,14-16H2,1-3H3. The number of benzene rings is 2. The Morgan fingerprint density at radius 1 is 0.913 bits per heavy atom. The lowest BCUT2D eigenvalue weighted by molar-refractivity contribution is 0.0393. The SMILES string of the molecule is CC(C)CN1CC(C)(NC(c2ccccc2)c2ccccc2)C1. The lowest BCUT2D eigenvalue weighted by Crippen LogP contribution is -2.68. The maximum atomic E-state index is 3.92. The van der Waals surface area contributed by atoms with Crippen LogP contribution in [0.4, 0.5) is 0 Å². The molecule has 122 valence electrons. The first kappa shape index (κ1) is 16.2. The van der Waals surface area contributed by atoms with Gasteiger partial charge in [0.1, 0.15) is 0 Å². The van der Waals surface area contributed by atoms with E-state index in [0.29, 0.717) is 0 Å². The highest BCUT2D eigenvalue weighted by molar-refractivity contribution is 5.32. The Hall–Kier alpha value is -1.64. The highest BCUT2D eigenvalue weighted by Crippen LogP contribution is 2.29. The van der Waals surface area contributed by atoms with Crippen LogP contribution in [0.5, 0.6) is 0 Å². The summed E-state index contributed by atoms with van der Waals surface area (Å²) in [5.74, 6) is 0.735. The Morgan fingerprint density at radius 2 is 1.39 bits per heavy atom. The molecule has 1 aliphatic heterocycles. The van der Waals surface area contributed by atoms with Crippen molar-refractivity contribution in [2.75, 3.05) is 19.6 Å². The molecule has 0 aliphatic carbocycles. The summed E-state index contributed by atoms with van der Waals surface area (Å²) in [5.41, 5.74) is 2.86. The minimum atomic E-state index is 0.186. The van der Waals surface area contributed by atoms with E-state index in [4.69, 9.17) is 0 Å². The van der Waals surface area contributed by atoms with Crippen molar-refractivity contribution in [2.24, 2.45) is 5.92 Å². The second kappa shape index (κ2) is 6.86. The van der Waals surface area contributed by atoms with Gasteiger partial charge in [-0.1, -0.05) is 74.5 Å². The van der Waals surface area contributed by atoms with E-state index in [1.54, 1.807) is 0 Å². The summed E-state index contributed by atoms with van der Waals surface area (Å²) in [7, 11) is 0. The maximum Gasteiger partial charge on any atom is 0.0581 e. The molecule has 0 radical (unpaired) electrons. The second-order valence-corrected chi connectivity index (χ2v) is 7.52. The van der Waals surface area contributed by atoms with Crippen molar-refractivity contribution >= 4 is 0 Å². The normalized spacial score (nSPS) is 17.4. The summed E-state index contributed by atoms with van der Waals surface area (Å²) in [6.07, 6.45) is 0. The van der Waals surface area contributed by atoms with E-state index in [2.05, 4.69) is 91.7 Å². The Balaban J connectivity index is 1.76. The molecule has 1 heterocycles. The molecular weight excluding hydrogens is 280 g/mol. The van der Waals surface area contributed by atoms with Crippen LogP contribution in [0.2, 0.25) is 0 Å². The third-order valence-corrected chi connectivity index (χ3v) is 4.53. The van der Waals surface area contributed by atoms with Gasteiger partial charge in [-0.25, -0.2) is 0 Å². The quantitative estimate of drug-likeness (QED) is 0.864. The van der Waals surface area contributed by atoms with Gasteiger partial charge in [0.2, 0.25) is 0 Å². The molecule has 1 fully saturated rings. The average molecular weight is 308 g/mol. The van der Waals surface area contributed by atoms with E-state index >= 15 is 0 Å². The number of nitrogens with zero attached hydrogens (tertiary/aromatic N) is 1. The summed E-state index contributed by atoms with van der Waals surface area (Å²) >= 11 is 0. The van der Waals surface area contributed by atoms with Crippen LogP contribution in [0.1, 0.15) is 37.9 Å². The summed E-state index contributed by atoms with van der Waals surface area (Å²) in [4.78, 5) is 2.55. The van der Waals surface area contributed by atoms with E-state index in [1.807, 2.05) is 0 Å². The Morgan fingerprint density at radius 3 is 1.83 bits per heavy atom. The number of hydrogen-bond acceptors (Lipinski definition) is 2. The van der Waals surface area contributed by atoms with Crippen molar-refractivity contribution < 1.29 is 0 Å². The lowest BCUT2D eigenvalue weighted by atomic mass is 9.87. The molecule has 2 aromatic carbocycles. The van der Waals surface area contributed by atoms with Crippen LogP contribution < -0.4 is 5.32 Å². The van der Waals surface area contributed by atoms with Crippen LogP contribution in [-0.4, -0.2) is 30.1 Å². The van der Waals surface area contributed by atoms with E-state index in [0.717, 1.165) is 19.0 Å². The molecule has 0 unspecified atom stereocenters. The number of rotatable bonds is 6. The average Bonchev–Trinajstić information content (AvgIpc) is 2.52. The van der Waals surface area contributed by atoms with Crippen molar-refractivity contribution in [2.45, 2.75) is 32.4 Å². The molecule has 2 aromatic rings. The molecule has 2 nitrogen and oxygen atoms in total. The van der Waals surface area contributed by atoms with Gasteiger partial charge in [0.25, 0.3) is 0 Å². The maximum absolute atomic E-state index is 3.92. The highest BCUT2D eigenvalue weighted by atomic mass is 15.3. The predicted octanol–water partition coefficient (Wildman–Crippen LogP) is 4.10. The number of likely N-dealkylation sites (tertiary alicyclic amines) is 1. The molecule has 1 saturated heterocycles. The smallest absolute Gasteiger partial charge is 0.0581 e. The van der Waals surface area contributed by atoms with Crippen molar-refractivity contribution in [3.05, 3.63) is 71.8 Å². The topological polar surface area (TPSA) is 15.3 Å². The fraction of sp³-hybridized carbons (Fsp3) is 0.429. The molecule has 0 amide bonds. The Labute approximate surface area is 140 Å². The van der Waals surface area contributed by atoms with Gasteiger partial charge in [0.15, 0.2) is 0 Å². The first-order valence-electron chi connectivity index (χ1n) is 8.66. The van der Waals surface area contributed by atoms with Crippen LogP contribution in [-0.2, 0) is 0 Å². The van der Waals surface area contributed by atoms with Gasteiger partial charge in [-0.2, -0.15) is 0 Å². The third kappa shape index (κ3) is 4.01. The number of hydrogen-bond donors (Lipinski definition) is 1. The molecule has 2 heteroatoms. The molecule has 3 rings (SSSR count). The summed E-state index contributed by atoms with van der Waals surface area (Å²) in [6.45, 7) is 10.4. The molecule has 0 bridgehead atoms. The van der Waals surface area contributed by atoms with Crippen LogP contribution in [0.25, 0.3) is 0 Å². The van der Waals surface area contributed by atoms with E-state index in [1.165, 1.54) is 17.7 Å².